The molecular formula is C75H86N27O34P5. The first-order valence-electron chi connectivity index (χ1n) is 42.0. The van der Waals surface area contributed by atoms with E-state index in [-0.39, 0.29) is 106 Å². The molecule has 3 saturated heterocycles. The van der Waals surface area contributed by atoms with Gasteiger partial charge in [0.2, 0.25) is 29.7 Å². The molecule has 3 aromatic carbocycles. The van der Waals surface area contributed by atoms with Gasteiger partial charge in [0.15, 0.2) is 67.3 Å². The molecule has 3 fully saturated rings. The Balaban J connectivity index is 0.599. The fraction of sp³-hybridized carbons (Fsp3) is 0.373. The molecule has 0 radical (unpaired) electrons. The average Bonchev–Trinajstić information content (AvgIpc) is 1.60. The SMILES string of the molecule is Cc1cn([C@H]2C[C@H](OP(=O)(O)OC[C@H]3O[C@@H](n4cnc5c(=O)[nH]c(N)nc54)C[C@@H]3OP(=O)(O)OC[C@H]3O[C@@H](n4cnc5c(=O)[nH]c(N)nc54)C[C@@H]3OP(=O)(O)OC[C@H](Cn3cnc4c(=O)[nH]c(N)nc43)OP(=O)(O)OC[C@H](Cn3cnc4c(=O)[nH]c(N)nc43)OP(=O)(O)OC[C@@H](O)Cn3cnc4c(=O)[nH]c(N)nc43)[C@@H](COCc3ccc(OCc4ccccc4)c(OCc4ccccc4)c3)O2)c(=O)[nH]c1=O. The highest BCUT2D eigenvalue weighted by Crippen LogP contribution is 2.55. The fourth-order valence-corrected chi connectivity index (χ4v) is 20.1. The van der Waals surface area contributed by atoms with Gasteiger partial charge in [-0.25, -0.2) is 52.5 Å². The van der Waals surface area contributed by atoms with Gasteiger partial charge in [-0.2, -0.15) is 24.9 Å². The number of ether oxygens (including phenoxy) is 6. The number of rotatable bonds is 44. The van der Waals surface area contributed by atoms with Crippen molar-refractivity contribution in [2.45, 2.75) is 139 Å². The third-order valence-electron chi connectivity index (χ3n) is 21.7. The number of benzene rings is 3. The number of aryl methyl sites for hydroxylation is 1. The first kappa shape index (κ1) is 99.6. The fourth-order valence-electron chi connectivity index (χ4n) is 15.3. The van der Waals surface area contributed by atoms with Gasteiger partial charge in [-0.3, -0.25) is 118 Å². The van der Waals surface area contributed by atoms with Crippen molar-refractivity contribution >= 4 is 125 Å². The van der Waals surface area contributed by atoms with E-state index >= 15 is 0 Å². The van der Waals surface area contributed by atoms with Gasteiger partial charge in [-0.15, -0.1) is 0 Å². The molecular weight excluding hydrogens is 1980 g/mol. The van der Waals surface area contributed by atoms with Crippen LogP contribution < -0.4 is 77.2 Å². The molecule has 0 saturated carbocycles. The van der Waals surface area contributed by atoms with Crippen LogP contribution >= 0.6 is 39.1 Å². The van der Waals surface area contributed by atoms with Gasteiger partial charge >= 0.3 is 44.8 Å². The summed E-state index contributed by atoms with van der Waals surface area (Å²) >= 11 is 0. The van der Waals surface area contributed by atoms with Crippen molar-refractivity contribution in [1.29, 1.82) is 0 Å². The normalized spacial score (nSPS) is 21.3. The Morgan fingerprint density at radius 2 is 0.766 bits per heavy atom. The van der Waals surface area contributed by atoms with Gasteiger partial charge in [-0.1, -0.05) is 66.7 Å². The molecule has 14 heterocycles. The largest absolute Gasteiger partial charge is 0.485 e. The van der Waals surface area contributed by atoms with Crippen LogP contribution in [-0.4, -0.2) is 231 Å². The van der Waals surface area contributed by atoms with E-state index in [9.17, 15) is 86.0 Å². The molecule has 0 amide bonds. The molecule has 141 heavy (non-hydrogen) atoms. The predicted molar refractivity (Wildman–Crippen MR) is 481 cm³/mol. The summed E-state index contributed by atoms with van der Waals surface area (Å²) in [4.78, 5) is 203. The number of aromatic nitrogens is 22. The predicted octanol–water partition coefficient (Wildman–Crippen LogP) is 0.531. The number of aromatic amines is 6. The molecule has 0 spiro atoms. The maximum atomic E-state index is 14.8. The number of nitrogens with one attached hydrogen (secondary N) is 6. The third-order valence-corrected chi connectivity index (χ3v) is 26.8. The minimum Gasteiger partial charge on any atom is -0.485 e. The topological polar surface area (TPSA) is 857 Å². The number of fused-ring (bicyclic) bond motifs is 5. The maximum absolute atomic E-state index is 14.8. The van der Waals surface area contributed by atoms with Crippen LogP contribution in [0.5, 0.6) is 11.5 Å². The van der Waals surface area contributed by atoms with E-state index in [1.807, 2.05) is 60.7 Å². The van der Waals surface area contributed by atoms with Crippen molar-refractivity contribution < 1.29 is 126 Å². The molecule has 5 unspecified atom stereocenters. The number of phosphoric acid groups is 5. The van der Waals surface area contributed by atoms with Crippen LogP contribution in [0.4, 0.5) is 29.7 Å². The monoisotopic (exact) mass is 2060 g/mol. The first-order valence-corrected chi connectivity index (χ1v) is 49.5. The maximum Gasteiger partial charge on any atom is 0.472 e. The van der Waals surface area contributed by atoms with Crippen LogP contribution in [0.1, 0.15) is 60.2 Å². The van der Waals surface area contributed by atoms with Crippen molar-refractivity contribution in [2.75, 3.05) is 68.3 Å². The van der Waals surface area contributed by atoms with E-state index in [4.69, 9.17) is 102 Å². The highest BCUT2D eigenvalue weighted by Gasteiger charge is 2.49. The molecule has 11 aromatic heterocycles. The van der Waals surface area contributed by atoms with E-state index in [1.54, 1.807) is 18.2 Å². The van der Waals surface area contributed by atoms with Crippen molar-refractivity contribution in [2.24, 2.45) is 0 Å². The number of hydrogen-bond donors (Lipinski definition) is 17. The molecule has 750 valence electrons. The Morgan fingerprint density at radius 1 is 0.404 bits per heavy atom. The highest BCUT2D eigenvalue weighted by molar-refractivity contribution is 7.48. The van der Waals surface area contributed by atoms with Crippen LogP contribution in [0.25, 0.3) is 55.8 Å². The summed E-state index contributed by atoms with van der Waals surface area (Å²) in [7, 11) is -28.3. The number of nitrogens with two attached hydrogens (primary N) is 5. The average molecular weight is 2060 g/mol. The second-order valence-electron chi connectivity index (χ2n) is 31.9. The lowest BCUT2D eigenvalue weighted by Gasteiger charge is -2.26. The lowest BCUT2D eigenvalue weighted by atomic mass is 10.2. The molecule has 0 bridgehead atoms. The van der Waals surface area contributed by atoms with Gasteiger partial charge in [0.1, 0.15) is 80.7 Å². The van der Waals surface area contributed by atoms with Crippen molar-refractivity contribution in [3.8, 4) is 11.5 Å². The number of anilines is 5. The van der Waals surface area contributed by atoms with Crippen LogP contribution in [0.2, 0.25) is 0 Å². The third kappa shape index (κ3) is 23.9. The molecule has 14 aromatic rings. The number of nitrogen functional groups attached to an aromatic ring is 5. The zero-order valence-corrected chi connectivity index (χ0v) is 77.4. The van der Waals surface area contributed by atoms with E-state index in [1.165, 1.54) is 22.3 Å². The van der Waals surface area contributed by atoms with Crippen LogP contribution in [0.3, 0.4) is 0 Å². The summed E-state index contributed by atoms with van der Waals surface area (Å²) in [5.41, 5.74) is 23.4. The van der Waals surface area contributed by atoms with Gasteiger partial charge in [-0.05, 0) is 35.7 Å². The number of imidazole rings is 5. The summed E-state index contributed by atoms with van der Waals surface area (Å²) < 4.78 is 172. The molecule has 17 rings (SSSR count). The van der Waals surface area contributed by atoms with E-state index in [0.29, 0.717) is 17.1 Å². The van der Waals surface area contributed by atoms with E-state index < -0.39 is 235 Å². The molecule has 17 atom stereocenters. The molecule has 66 heteroatoms. The van der Waals surface area contributed by atoms with Crippen LogP contribution in [0.15, 0.2) is 150 Å². The summed E-state index contributed by atoms with van der Waals surface area (Å²) in [6, 6.07) is 23.9. The number of aliphatic hydroxyl groups excluding tert-OH is 1. The minimum atomic E-state index is -5.81. The Morgan fingerprint density at radius 3 is 1.20 bits per heavy atom. The Bertz CT molecular complexity index is 7710. The number of aliphatic hydroxyl groups is 1. The summed E-state index contributed by atoms with van der Waals surface area (Å²) in [6.45, 7) is -6.63. The van der Waals surface area contributed by atoms with Crippen LogP contribution in [0, 0.1) is 6.92 Å². The molecule has 3 aliphatic rings. The zero-order valence-electron chi connectivity index (χ0n) is 72.9. The van der Waals surface area contributed by atoms with Crippen molar-refractivity contribution in [3.05, 3.63) is 212 Å². The minimum absolute atomic E-state index is 0.0876. The van der Waals surface area contributed by atoms with Crippen LogP contribution in [-0.2, 0) is 126 Å². The molecule has 22 N–H and O–H groups in total. The Hall–Kier alpha value is -13.0. The van der Waals surface area contributed by atoms with E-state index in [0.717, 1.165) is 61.0 Å². The summed E-state index contributed by atoms with van der Waals surface area (Å²) in [6.07, 6.45) is -15.1. The van der Waals surface area contributed by atoms with Gasteiger partial charge in [0, 0.05) is 31.0 Å². The Kier molecular flexibility index (Phi) is 29.2. The van der Waals surface area contributed by atoms with Gasteiger partial charge < -0.3 is 100 Å². The van der Waals surface area contributed by atoms with E-state index in [2.05, 4.69) is 79.7 Å². The second kappa shape index (κ2) is 41.3. The number of H-pyrrole nitrogens is 6. The smallest absolute Gasteiger partial charge is 0.472 e. The van der Waals surface area contributed by atoms with Crippen molar-refractivity contribution in [3.63, 3.8) is 0 Å². The van der Waals surface area contributed by atoms with Gasteiger partial charge in [0.05, 0.1) is 104 Å². The zero-order chi connectivity index (χ0) is 99.7. The molecule has 0 aliphatic carbocycles. The number of hydrogen-bond acceptors (Lipinski definition) is 44. The summed E-state index contributed by atoms with van der Waals surface area (Å²) in [5, 5.41) is 11.0. The summed E-state index contributed by atoms with van der Waals surface area (Å²) in [5.74, 6) is -1.24. The lowest BCUT2D eigenvalue weighted by Crippen LogP contribution is -2.33. The molecule has 61 nitrogen and oxygen atoms in total. The Labute approximate surface area is 785 Å². The number of nitrogens with zero attached hydrogens (tertiary/aromatic N) is 16. The highest BCUT2D eigenvalue weighted by atomic mass is 31.2. The number of phosphoric ester groups is 5. The quantitative estimate of drug-likeness (QED) is 0.0232. The lowest BCUT2D eigenvalue weighted by molar-refractivity contribution is -0.0710. The van der Waals surface area contributed by atoms with Crippen molar-refractivity contribution in [1.82, 2.24) is 107 Å². The standard InChI is InChI=1S/C75H86N27O34P5/c1-36-18-100(75(110)96-64(36)104)51-15-45(48(129-51)28-121-22-39-12-13-43(122-23-37-8-4-2-5-9-37)44(14-39)123-24-38-10-6-3-7-11-38)134-140(117,118)127-30-50-47(17-53(131-50)102-35-85-58-63(102)90-74(80)95-69(58)109)136-141(119,120)128-29-49-46(16-52(130-49)101-34-84-57-62(101)89-73(79)94-68(57)108)135-139(115,116)126-27-42(21-99-33-83-56-61(99)88-72(78)93-67(56)107)133-138(113,114)125-26-41(20-98-32-82-55-60(98)87-71(77)92-66(55)106)132-137(111,112)124-25-40(103)19-97-31-81-54-59(97)86-70(76)91-65(54)105/h2-14,18,31-35,40-42,45-53,103H,15-17,19-30H2,1H3,(H,111,112)(H,113,114)(H,115,116)(H,117,118)(H,119,120)(H,96,104,110)(H3,76,86,91,105)(H3,77,87,92,106)(H3,78,88,93,107)(H3,79,89,94,108)(H3,80,90,95,109)/t40-,41-,42-,45-,46-,47-,48+,49+,50+,51+,52+,53+/m0/s1. The molecule has 3 aliphatic heterocycles. The first-order chi connectivity index (χ1) is 67.1. The van der Waals surface area contributed by atoms with Gasteiger partial charge in [0.25, 0.3) is 33.4 Å². The second-order valence-corrected chi connectivity index (χ2v) is 38.9.